The average molecular weight is 449 g/mol. The van der Waals surface area contributed by atoms with Gasteiger partial charge in [-0.05, 0) is 36.4 Å². The summed E-state index contributed by atoms with van der Waals surface area (Å²) in [7, 11) is -3.65. The summed E-state index contributed by atoms with van der Waals surface area (Å²) < 4.78 is 54.8. The number of rotatable bonds is 8. The SMILES string of the molecule is CS(=O)(=O)Oc1ccc(Nc2ncc(C(N)=O)c(NCc3c(F)cccc3F)n2)cc1. The summed E-state index contributed by atoms with van der Waals surface area (Å²) in [5.74, 6) is -2.19. The van der Waals surface area contributed by atoms with Crippen LogP contribution in [-0.2, 0) is 16.7 Å². The number of carbonyl (C=O) groups excluding carboxylic acids is 1. The van der Waals surface area contributed by atoms with Crippen molar-refractivity contribution in [2.75, 3.05) is 16.9 Å². The van der Waals surface area contributed by atoms with E-state index in [9.17, 15) is 22.0 Å². The Hall–Kier alpha value is -3.80. The van der Waals surface area contributed by atoms with Gasteiger partial charge in [-0.2, -0.15) is 13.4 Å². The maximum absolute atomic E-state index is 13.9. The van der Waals surface area contributed by atoms with Crippen molar-refractivity contribution < 1.29 is 26.2 Å². The summed E-state index contributed by atoms with van der Waals surface area (Å²) in [4.78, 5) is 19.8. The first-order chi connectivity index (χ1) is 14.6. The zero-order valence-corrected chi connectivity index (χ0v) is 16.9. The highest BCUT2D eigenvalue weighted by atomic mass is 32.2. The van der Waals surface area contributed by atoms with Crippen LogP contribution in [0.5, 0.6) is 5.75 Å². The summed E-state index contributed by atoms with van der Waals surface area (Å²) in [6, 6.07) is 9.34. The molecule has 3 rings (SSSR count). The maximum atomic E-state index is 13.9. The molecular formula is C19H17F2N5O4S. The van der Waals surface area contributed by atoms with Crippen LogP contribution in [0.4, 0.5) is 26.2 Å². The van der Waals surface area contributed by atoms with Gasteiger partial charge < -0.3 is 20.6 Å². The van der Waals surface area contributed by atoms with Crippen molar-refractivity contribution in [3.63, 3.8) is 0 Å². The quantitative estimate of drug-likeness (QED) is 0.447. The molecule has 31 heavy (non-hydrogen) atoms. The van der Waals surface area contributed by atoms with E-state index < -0.39 is 27.7 Å². The molecule has 9 nitrogen and oxygen atoms in total. The molecule has 1 heterocycles. The number of benzene rings is 2. The van der Waals surface area contributed by atoms with E-state index in [0.717, 1.165) is 18.4 Å². The van der Waals surface area contributed by atoms with Crippen molar-refractivity contribution in [2.45, 2.75) is 6.54 Å². The summed E-state index contributed by atoms with van der Waals surface area (Å²) in [5.41, 5.74) is 5.51. The molecule has 2 aromatic carbocycles. The van der Waals surface area contributed by atoms with Gasteiger partial charge >= 0.3 is 10.1 Å². The number of nitrogens with two attached hydrogens (primary N) is 1. The van der Waals surface area contributed by atoms with Crippen molar-refractivity contribution in [3.05, 3.63) is 71.4 Å². The standard InChI is InChI=1S/C19H17F2N5O4S/c1-31(28,29)30-12-7-5-11(6-8-12)25-19-24-10-14(17(22)27)18(26-19)23-9-13-15(20)3-2-4-16(13)21/h2-8,10H,9H2,1H3,(H2,22,27)(H2,23,24,25,26). The van der Waals surface area contributed by atoms with Crippen LogP contribution in [-0.4, -0.2) is 30.5 Å². The highest BCUT2D eigenvalue weighted by Crippen LogP contribution is 2.22. The predicted molar refractivity (Wildman–Crippen MR) is 109 cm³/mol. The third-order valence-electron chi connectivity index (χ3n) is 3.91. The molecular weight excluding hydrogens is 432 g/mol. The van der Waals surface area contributed by atoms with E-state index in [-0.39, 0.29) is 35.2 Å². The Balaban J connectivity index is 1.80. The predicted octanol–water partition coefficient (Wildman–Crippen LogP) is 2.55. The Bertz CT molecular complexity index is 1200. The largest absolute Gasteiger partial charge is 0.383 e. The van der Waals surface area contributed by atoms with Gasteiger partial charge in [0.15, 0.2) is 0 Å². The molecule has 0 spiro atoms. The van der Waals surface area contributed by atoms with Crippen LogP contribution >= 0.6 is 0 Å². The van der Waals surface area contributed by atoms with Crippen LogP contribution in [0.15, 0.2) is 48.7 Å². The Morgan fingerprint density at radius 2 is 1.77 bits per heavy atom. The topological polar surface area (TPSA) is 136 Å². The second-order valence-corrected chi connectivity index (χ2v) is 7.89. The molecule has 0 unspecified atom stereocenters. The average Bonchev–Trinajstić information content (AvgIpc) is 2.68. The molecule has 0 atom stereocenters. The smallest absolute Gasteiger partial charge is 0.306 e. The highest BCUT2D eigenvalue weighted by Gasteiger charge is 2.15. The number of halogens is 2. The van der Waals surface area contributed by atoms with Gasteiger partial charge in [0.2, 0.25) is 5.95 Å². The molecule has 162 valence electrons. The number of amides is 1. The van der Waals surface area contributed by atoms with Gasteiger partial charge in [0.1, 0.15) is 23.2 Å². The first kappa shape index (κ1) is 21.9. The van der Waals surface area contributed by atoms with Crippen LogP contribution in [0.2, 0.25) is 0 Å². The molecule has 0 fully saturated rings. The lowest BCUT2D eigenvalue weighted by atomic mass is 10.2. The zero-order chi connectivity index (χ0) is 22.6. The van der Waals surface area contributed by atoms with Gasteiger partial charge in [0.05, 0.1) is 11.8 Å². The fraction of sp³-hybridized carbons (Fsp3) is 0.105. The monoisotopic (exact) mass is 449 g/mol. The molecule has 1 aromatic heterocycles. The molecule has 0 aliphatic heterocycles. The van der Waals surface area contributed by atoms with Crippen molar-refractivity contribution in [1.29, 1.82) is 0 Å². The van der Waals surface area contributed by atoms with Crippen LogP contribution in [0.3, 0.4) is 0 Å². The highest BCUT2D eigenvalue weighted by molar-refractivity contribution is 7.86. The number of nitrogens with zero attached hydrogens (tertiary/aromatic N) is 2. The lowest BCUT2D eigenvalue weighted by molar-refractivity contribution is 0.100. The molecule has 3 aromatic rings. The van der Waals surface area contributed by atoms with Gasteiger partial charge in [-0.3, -0.25) is 4.79 Å². The summed E-state index contributed by atoms with van der Waals surface area (Å²) in [6.45, 7) is -0.285. The third kappa shape index (κ3) is 5.85. The van der Waals surface area contributed by atoms with Crippen molar-refractivity contribution in [1.82, 2.24) is 9.97 Å². The Morgan fingerprint density at radius 3 is 2.35 bits per heavy atom. The second kappa shape index (κ2) is 8.92. The van der Waals surface area contributed by atoms with Gasteiger partial charge in [-0.25, -0.2) is 13.8 Å². The molecule has 4 N–H and O–H groups in total. The fourth-order valence-electron chi connectivity index (χ4n) is 2.53. The molecule has 0 saturated carbocycles. The van der Waals surface area contributed by atoms with Crippen LogP contribution < -0.4 is 20.6 Å². The third-order valence-corrected chi connectivity index (χ3v) is 4.40. The van der Waals surface area contributed by atoms with Crippen molar-refractivity contribution in [2.24, 2.45) is 5.73 Å². The molecule has 0 aliphatic carbocycles. The molecule has 12 heteroatoms. The maximum Gasteiger partial charge on any atom is 0.306 e. The van der Waals surface area contributed by atoms with Crippen LogP contribution in [0, 0.1) is 11.6 Å². The minimum Gasteiger partial charge on any atom is -0.383 e. The number of anilines is 3. The minimum absolute atomic E-state index is 0.0234. The summed E-state index contributed by atoms with van der Waals surface area (Å²) >= 11 is 0. The lowest BCUT2D eigenvalue weighted by Crippen LogP contribution is -2.17. The van der Waals surface area contributed by atoms with Gasteiger partial charge in [0.25, 0.3) is 5.91 Å². The van der Waals surface area contributed by atoms with E-state index >= 15 is 0 Å². The van der Waals surface area contributed by atoms with Crippen molar-refractivity contribution in [3.8, 4) is 5.75 Å². The van der Waals surface area contributed by atoms with E-state index in [1.807, 2.05) is 0 Å². The normalized spacial score (nSPS) is 11.1. The Kier molecular flexibility index (Phi) is 6.30. The van der Waals surface area contributed by atoms with Gasteiger partial charge in [0, 0.05) is 24.0 Å². The molecule has 0 saturated heterocycles. The van der Waals surface area contributed by atoms with E-state index in [4.69, 9.17) is 9.92 Å². The lowest BCUT2D eigenvalue weighted by Gasteiger charge is -2.12. The van der Waals surface area contributed by atoms with E-state index in [1.165, 1.54) is 36.5 Å². The first-order valence-electron chi connectivity index (χ1n) is 8.72. The van der Waals surface area contributed by atoms with Crippen LogP contribution in [0.25, 0.3) is 0 Å². The number of hydrogen-bond donors (Lipinski definition) is 3. The Morgan fingerprint density at radius 1 is 1.13 bits per heavy atom. The first-order valence-corrected chi connectivity index (χ1v) is 10.5. The second-order valence-electron chi connectivity index (χ2n) is 6.31. The molecule has 0 bridgehead atoms. The molecule has 0 aliphatic rings. The van der Waals surface area contributed by atoms with Gasteiger partial charge in [-0.1, -0.05) is 6.07 Å². The van der Waals surface area contributed by atoms with E-state index in [0.29, 0.717) is 5.69 Å². The fourth-order valence-corrected chi connectivity index (χ4v) is 2.99. The van der Waals surface area contributed by atoms with Crippen LogP contribution in [0.1, 0.15) is 15.9 Å². The number of hydrogen-bond acceptors (Lipinski definition) is 8. The minimum atomic E-state index is -3.65. The molecule has 0 radical (unpaired) electrons. The molecule has 1 amide bonds. The van der Waals surface area contributed by atoms with E-state index in [1.54, 1.807) is 0 Å². The van der Waals surface area contributed by atoms with Gasteiger partial charge in [-0.15, -0.1) is 0 Å². The number of aromatic nitrogens is 2. The number of carbonyl (C=O) groups is 1. The van der Waals surface area contributed by atoms with E-state index in [2.05, 4.69) is 20.6 Å². The summed E-state index contributed by atoms with van der Waals surface area (Å²) in [6.07, 6.45) is 2.09. The summed E-state index contributed by atoms with van der Waals surface area (Å²) in [5, 5.41) is 5.55. The zero-order valence-electron chi connectivity index (χ0n) is 16.1. The Labute approximate surface area is 176 Å². The van der Waals surface area contributed by atoms with Crippen molar-refractivity contribution >= 4 is 33.5 Å². The number of nitrogens with one attached hydrogen (secondary N) is 2. The number of primary amides is 1.